The maximum Gasteiger partial charge on any atom is 0.247 e. The molecule has 1 rings (SSSR count). The van der Waals surface area contributed by atoms with Crippen LogP contribution in [0.4, 0.5) is 5.69 Å². The molecule has 0 fully saturated rings. The number of hydrogen-bond donors (Lipinski definition) is 2. The molecule has 2 N–H and O–H groups in total. The molecule has 0 spiro atoms. The Morgan fingerprint density at radius 2 is 2.00 bits per heavy atom. The number of amides is 2. The van der Waals surface area contributed by atoms with Crippen molar-refractivity contribution in [3.8, 4) is 12.3 Å². The Labute approximate surface area is 113 Å². The van der Waals surface area contributed by atoms with Gasteiger partial charge in [-0.1, -0.05) is 25.8 Å². The van der Waals surface area contributed by atoms with Gasteiger partial charge in [-0.2, -0.15) is 0 Å². The molecular formula is C15H18N2O2. The van der Waals surface area contributed by atoms with Crippen LogP contribution >= 0.6 is 0 Å². The summed E-state index contributed by atoms with van der Waals surface area (Å²) in [5.41, 5.74) is 1.31. The van der Waals surface area contributed by atoms with Gasteiger partial charge in [0.25, 0.3) is 0 Å². The van der Waals surface area contributed by atoms with E-state index in [4.69, 9.17) is 6.42 Å². The van der Waals surface area contributed by atoms with Crippen molar-refractivity contribution in [3.05, 3.63) is 29.8 Å². The van der Waals surface area contributed by atoms with Crippen LogP contribution in [0.3, 0.4) is 0 Å². The molecule has 100 valence electrons. The van der Waals surface area contributed by atoms with E-state index in [0.717, 1.165) is 0 Å². The van der Waals surface area contributed by atoms with Crippen LogP contribution in [0.1, 0.15) is 26.3 Å². The zero-order chi connectivity index (χ0) is 14.4. The highest BCUT2D eigenvalue weighted by Gasteiger charge is 2.22. The standard InChI is InChI=1S/C15H18N2O2/c1-5-12-7-6-8-13(9-12)17-15(19)14(10(2)3)16-11(4)18/h1,6-10,14H,2-4H3,(H,16,18)(H,17,19). The maximum atomic E-state index is 12.1. The molecule has 4 heteroatoms. The predicted molar refractivity (Wildman–Crippen MR) is 75.4 cm³/mol. The summed E-state index contributed by atoms with van der Waals surface area (Å²) >= 11 is 0. The SMILES string of the molecule is C#Cc1cccc(NC(=O)C(NC(C)=O)C(C)C)c1. The van der Waals surface area contributed by atoms with E-state index >= 15 is 0 Å². The first-order valence-corrected chi connectivity index (χ1v) is 6.08. The van der Waals surface area contributed by atoms with E-state index in [1.54, 1.807) is 24.3 Å². The van der Waals surface area contributed by atoms with Crippen LogP contribution in [0.15, 0.2) is 24.3 Å². The molecule has 1 aromatic rings. The average Bonchev–Trinajstić information content (AvgIpc) is 2.35. The predicted octanol–water partition coefficient (Wildman–Crippen LogP) is 1.77. The maximum absolute atomic E-state index is 12.1. The second kappa shape index (κ2) is 6.60. The van der Waals surface area contributed by atoms with Crippen molar-refractivity contribution in [1.82, 2.24) is 5.32 Å². The van der Waals surface area contributed by atoms with Crippen molar-refractivity contribution >= 4 is 17.5 Å². The molecule has 2 amide bonds. The van der Waals surface area contributed by atoms with Crippen LogP contribution in [0.25, 0.3) is 0 Å². The topological polar surface area (TPSA) is 58.2 Å². The third-order valence-electron chi connectivity index (χ3n) is 2.60. The minimum atomic E-state index is -0.563. The lowest BCUT2D eigenvalue weighted by Crippen LogP contribution is -2.46. The molecule has 4 nitrogen and oxygen atoms in total. The van der Waals surface area contributed by atoms with E-state index < -0.39 is 6.04 Å². The first-order chi connectivity index (χ1) is 8.93. The van der Waals surface area contributed by atoms with E-state index in [2.05, 4.69) is 16.6 Å². The normalized spacial score (nSPS) is 11.5. The second-order valence-corrected chi connectivity index (χ2v) is 4.64. The Morgan fingerprint density at radius 1 is 1.32 bits per heavy atom. The fourth-order valence-corrected chi connectivity index (χ4v) is 1.66. The summed E-state index contributed by atoms with van der Waals surface area (Å²) < 4.78 is 0. The van der Waals surface area contributed by atoms with Gasteiger partial charge in [-0.25, -0.2) is 0 Å². The van der Waals surface area contributed by atoms with Gasteiger partial charge in [0, 0.05) is 18.2 Å². The number of terminal acetylenes is 1. The average molecular weight is 258 g/mol. The summed E-state index contributed by atoms with van der Waals surface area (Å²) in [6.45, 7) is 5.14. The highest BCUT2D eigenvalue weighted by molar-refractivity contribution is 5.97. The summed E-state index contributed by atoms with van der Waals surface area (Å²) in [6, 6.07) is 6.45. The third kappa shape index (κ3) is 4.47. The molecule has 0 saturated heterocycles. The Bertz CT molecular complexity index is 515. The molecule has 0 aliphatic carbocycles. The lowest BCUT2D eigenvalue weighted by atomic mass is 10.0. The number of nitrogens with one attached hydrogen (secondary N) is 2. The van der Waals surface area contributed by atoms with Gasteiger partial charge in [0.05, 0.1) is 0 Å². The number of benzene rings is 1. The van der Waals surface area contributed by atoms with Gasteiger partial charge < -0.3 is 10.6 Å². The number of carbonyl (C=O) groups excluding carboxylic acids is 2. The Hall–Kier alpha value is -2.28. The zero-order valence-corrected chi connectivity index (χ0v) is 11.4. The fraction of sp³-hybridized carbons (Fsp3) is 0.333. The Kier molecular flexibility index (Phi) is 5.13. The first-order valence-electron chi connectivity index (χ1n) is 6.08. The van der Waals surface area contributed by atoms with Gasteiger partial charge in [-0.3, -0.25) is 9.59 Å². The number of carbonyl (C=O) groups is 2. The van der Waals surface area contributed by atoms with Crippen molar-refractivity contribution in [3.63, 3.8) is 0 Å². The second-order valence-electron chi connectivity index (χ2n) is 4.64. The van der Waals surface area contributed by atoms with Gasteiger partial charge in [0.2, 0.25) is 11.8 Å². The quantitative estimate of drug-likeness (QED) is 0.809. The molecule has 1 atom stereocenters. The van der Waals surface area contributed by atoms with Crippen LogP contribution < -0.4 is 10.6 Å². The van der Waals surface area contributed by atoms with Crippen molar-refractivity contribution in [1.29, 1.82) is 0 Å². The fourth-order valence-electron chi connectivity index (χ4n) is 1.66. The highest BCUT2D eigenvalue weighted by Crippen LogP contribution is 2.12. The summed E-state index contributed by atoms with van der Waals surface area (Å²) in [4.78, 5) is 23.2. The summed E-state index contributed by atoms with van der Waals surface area (Å²) in [5, 5.41) is 5.39. The van der Waals surface area contributed by atoms with Crippen LogP contribution in [-0.4, -0.2) is 17.9 Å². The van der Waals surface area contributed by atoms with Gasteiger partial charge in [-0.05, 0) is 24.1 Å². The Morgan fingerprint density at radius 3 is 2.53 bits per heavy atom. The van der Waals surface area contributed by atoms with Gasteiger partial charge in [-0.15, -0.1) is 6.42 Å². The molecule has 0 aromatic heterocycles. The van der Waals surface area contributed by atoms with Gasteiger partial charge >= 0.3 is 0 Å². The number of rotatable bonds is 4. The molecular weight excluding hydrogens is 240 g/mol. The summed E-state index contributed by atoms with van der Waals surface area (Å²) in [6.07, 6.45) is 5.30. The molecule has 0 bridgehead atoms. The molecule has 0 saturated carbocycles. The van der Waals surface area contributed by atoms with Crippen LogP contribution in [-0.2, 0) is 9.59 Å². The molecule has 0 heterocycles. The number of anilines is 1. The van der Waals surface area contributed by atoms with Crippen LogP contribution in [0.5, 0.6) is 0 Å². The van der Waals surface area contributed by atoms with Gasteiger partial charge in [0.15, 0.2) is 0 Å². The molecule has 1 unspecified atom stereocenters. The van der Waals surface area contributed by atoms with E-state index in [9.17, 15) is 9.59 Å². The molecule has 1 aromatic carbocycles. The van der Waals surface area contributed by atoms with E-state index in [-0.39, 0.29) is 17.7 Å². The Balaban J connectivity index is 2.81. The smallest absolute Gasteiger partial charge is 0.247 e. The van der Waals surface area contributed by atoms with E-state index in [1.165, 1.54) is 6.92 Å². The minimum Gasteiger partial charge on any atom is -0.344 e. The summed E-state index contributed by atoms with van der Waals surface area (Å²) in [5.74, 6) is 2.02. The van der Waals surface area contributed by atoms with Crippen molar-refractivity contribution in [2.45, 2.75) is 26.8 Å². The lowest BCUT2D eigenvalue weighted by molar-refractivity contribution is -0.126. The molecule has 0 radical (unpaired) electrons. The van der Waals surface area contributed by atoms with Crippen molar-refractivity contribution in [2.24, 2.45) is 5.92 Å². The van der Waals surface area contributed by atoms with E-state index in [0.29, 0.717) is 11.3 Å². The van der Waals surface area contributed by atoms with E-state index in [1.807, 2.05) is 13.8 Å². The minimum absolute atomic E-state index is 0.000263. The molecule has 0 aliphatic rings. The van der Waals surface area contributed by atoms with Crippen LogP contribution in [0.2, 0.25) is 0 Å². The summed E-state index contributed by atoms with van der Waals surface area (Å²) in [7, 11) is 0. The highest BCUT2D eigenvalue weighted by atomic mass is 16.2. The van der Waals surface area contributed by atoms with Crippen molar-refractivity contribution < 1.29 is 9.59 Å². The van der Waals surface area contributed by atoms with Gasteiger partial charge in [0.1, 0.15) is 6.04 Å². The van der Waals surface area contributed by atoms with Crippen molar-refractivity contribution in [2.75, 3.05) is 5.32 Å². The third-order valence-corrected chi connectivity index (χ3v) is 2.60. The molecule has 19 heavy (non-hydrogen) atoms. The largest absolute Gasteiger partial charge is 0.344 e. The zero-order valence-electron chi connectivity index (χ0n) is 11.4. The lowest BCUT2D eigenvalue weighted by Gasteiger charge is -2.20. The van der Waals surface area contributed by atoms with Crippen LogP contribution in [0, 0.1) is 18.3 Å². The monoisotopic (exact) mass is 258 g/mol. The first kappa shape index (κ1) is 14.8. The number of hydrogen-bond acceptors (Lipinski definition) is 2. The molecule has 0 aliphatic heterocycles.